The van der Waals surface area contributed by atoms with Crippen LogP contribution >= 0.6 is 0 Å². The van der Waals surface area contributed by atoms with Gasteiger partial charge in [-0.3, -0.25) is 4.79 Å². The zero-order valence-corrected chi connectivity index (χ0v) is 13.7. The van der Waals surface area contributed by atoms with Gasteiger partial charge in [-0.2, -0.15) is 5.26 Å². The van der Waals surface area contributed by atoms with Crippen molar-refractivity contribution in [3.63, 3.8) is 0 Å². The van der Waals surface area contributed by atoms with Crippen LogP contribution in [0.5, 0.6) is 11.5 Å². The average Bonchev–Trinajstić information content (AvgIpc) is 3.14. The van der Waals surface area contributed by atoms with Gasteiger partial charge in [0.2, 0.25) is 5.78 Å². The number of carbonyl (C=O) groups excluding carboxylic acids is 1. The van der Waals surface area contributed by atoms with E-state index in [4.69, 9.17) is 13.9 Å². The molecule has 0 aliphatic rings. The van der Waals surface area contributed by atoms with Crippen LogP contribution in [0, 0.1) is 11.3 Å². The molecule has 0 radical (unpaired) electrons. The van der Waals surface area contributed by atoms with Crippen molar-refractivity contribution in [1.82, 2.24) is 0 Å². The summed E-state index contributed by atoms with van der Waals surface area (Å²) in [7, 11) is 1.55. The first kappa shape index (κ1) is 17.4. The largest absolute Gasteiger partial charge is 0.493 e. The molecule has 0 N–H and O–H groups in total. The number of methoxy groups -OCH3 is 1. The van der Waals surface area contributed by atoms with Gasteiger partial charge in [-0.1, -0.05) is 19.4 Å². The predicted molar refractivity (Wildman–Crippen MR) is 90.0 cm³/mol. The Morgan fingerprint density at radius 3 is 2.79 bits per heavy atom. The van der Waals surface area contributed by atoms with E-state index in [1.807, 2.05) is 6.07 Å². The van der Waals surface area contributed by atoms with Crippen molar-refractivity contribution in [2.24, 2.45) is 0 Å². The molecular formula is C19H19NO4. The van der Waals surface area contributed by atoms with Gasteiger partial charge < -0.3 is 13.9 Å². The van der Waals surface area contributed by atoms with E-state index in [2.05, 4.69) is 6.92 Å². The minimum absolute atomic E-state index is 0.00773. The molecule has 0 aliphatic carbocycles. The number of nitriles is 1. The summed E-state index contributed by atoms with van der Waals surface area (Å²) in [4.78, 5) is 12.2. The Kier molecular flexibility index (Phi) is 6.21. The van der Waals surface area contributed by atoms with E-state index in [9.17, 15) is 10.1 Å². The van der Waals surface area contributed by atoms with Crippen molar-refractivity contribution in [3.8, 4) is 17.6 Å². The molecule has 5 nitrogen and oxygen atoms in total. The van der Waals surface area contributed by atoms with Gasteiger partial charge in [0.15, 0.2) is 17.3 Å². The average molecular weight is 325 g/mol. The molecule has 5 heteroatoms. The number of hydrogen-bond acceptors (Lipinski definition) is 5. The fraction of sp³-hybridized carbons (Fsp3) is 0.263. The predicted octanol–water partition coefficient (Wildman–Crippen LogP) is 4.26. The molecule has 2 rings (SSSR count). The Labute approximate surface area is 141 Å². The van der Waals surface area contributed by atoms with E-state index in [0.29, 0.717) is 23.7 Å². The van der Waals surface area contributed by atoms with E-state index in [0.717, 1.165) is 12.8 Å². The molecule has 0 bridgehead atoms. The highest BCUT2D eigenvalue weighted by Gasteiger charge is 2.15. The quantitative estimate of drug-likeness (QED) is 0.314. The standard InChI is InChI=1S/C19H19NO4/c1-3-4-9-23-16-8-7-14(12-18(16)22-2)11-15(13-20)19(21)17-6-5-10-24-17/h5-8,10-12H,3-4,9H2,1-2H3/b15-11+. The lowest BCUT2D eigenvalue weighted by Gasteiger charge is -2.11. The van der Waals surface area contributed by atoms with E-state index in [-0.39, 0.29) is 11.3 Å². The van der Waals surface area contributed by atoms with Crippen LogP contribution in [0.2, 0.25) is 0 Å². The first-order valence-electron chi connectivity index (χ1n) is 7.70. The fourth-order valence-electron chi connectivity index (χ4n) is 2.08. The molecule has 0 atom stereocenters. The van der Waals surface area contributed by atoms with Crippen molar-refractivity contribution in [3.05, 3.63) is 53.5 Å². The minimum atomic E-state index is -0.454. The number of unbranched alkanes of at least 4 members (excludes halogenated alkanes) is 1. The van der Waals surface area contributed by atoms with E-state index in [1.165, 1.54) is 18.4 Å². The molecule has 0 unspecified atom stereocenters. The third-order valence-corrected chi connectivity index (χ3v) is 3.36. The van der Waals surface area contributed by atoms with Crippen LogP contribution in [0.15, 0.2) is 46.6 Å². The Hall–Kier alpha value is -3.00. The summed E-state index contributed by atoms with van der Waals surface area (Å²) in [6.45, 7) is 2.70. The third kappa shape index (κ3) is 4.26. The maximum absolute atomic E-state index is 12.2. The van der Waals surface area contributed by atoms with Gasteiger partial charge in [0.25, 0.3) is 0 Å². The highest BCUT2D eigenvalue weighted by Crippen LogP contribution is 2.29. The lowest BCUT2D eigenvalue weighted by molar-refractivity contribution is 0.101. The molecule has 0 saturated heterocycles. The van der Waals surface area contributed by atoms with Crippen molar-refractivity contribution < 1.29 is 18.7 Å². The Bertz CT molecular complexity index is 754. The number of Topliss-reactive ketones (excluding diaryl/α,β-unsaturated/α-hetero) is 1. The molecule has 124 valence electrons. The summed E-state index contributed by atoms with van der Waals surface area (Å²) >= 11 is 0. The minimum Gasteiger partial charge on any atom is -0.493 e. The van der Waals surface area contributed by atoms with Crippen LogP contribution < -0.4 is 9.47 Å². The van der Waals surface area contributed by atoms with Crippen molar-refractivity contribution in [1.29, 1.82) is 5.26 Å². The number of allylic oxidation sites excluding steroid dienone is 1. The SMILES string of the molecule is CCCCOc1ccc(/C=C(\C#N)C(=O)c2ccco2)cc1OC. The number of ketones is 1. The third-order valence-electron chi connectivity index (χ3n) is 3.36. The van der Waals surface area contributed by atoms with Gasteiger partial charge in [0.1, 0.15) is 11.6 Å². The summed E-state index contributed by atoms with van der Waals surface area (Å²) < 4.78 is 16.0. The second kappa shape index (κ2) is 8.59. The van der Waals surface area contributed by atoms with Crippen LogP contribution in [-0.4, -0.2) is 19.5 Å². The van der Waals surface area contributed by atoms with Crippen LogP contribution in [0.25, 0.3) is 6.08 Å². The molecule has 0 aliphatic heterocycles. The van der Waals surface area contributed by atoms with Crippen LogP contribution in [0.1, 0.15) is 35.9 Å². The van der Waals surface area contributed by atoms with E-state index < -0.39 is 5.78 Å². The van der Waals surface area contributed by atoms with Crippen LogP contribution in [0.4, 0.5) is 0 Å². The second-order valence-electron chi connectivity index (χ2n) is 5.09. The molecule has 0 saturated carbocycles. The number of carbonyl (C=O) groups is 1. The second-order valence-corrected chi connectivity index (χ2v) is 5.09. The number of rotatable bonds is 8. The fourth-order valence-corrected chi connectivity index (χ4v) is 2.08. The zero-order valence-electron chi connectivity index (χ0n) is 13.7. The number of ether oxygens (including phenoxy) is 2. The van der Waals surface area contributed by atoms with Gasteiger partial charge in [-0.15, -0.1) is 0 Å². The highest BCUT2D eigenvalue weighted by molar-refractivity contribution is 6.12. The molecule has 0 amide bonds. The van der Waals surface area contributed by atoms with Crippen molar-refractivity contribution >= 4 is 11.9 Å². The van der Waals surface area contributed by atoms with Gasteiger partial charge in [-0.05, 0) is 42.3 Å². The van der Waals surface area contributed by atoms with Crippen molar-refractivity contribution in [2.45, 2.75) is 19.8 Å². The molecule has 0 spiro atoms. The maximum Gasteiger partial charge on any atom is 0.238 e. The monoisotopic (exact) mass is 325 g/mol. The Morgan fingerprint density at radius 1 is 1.33 bits per heavy atom. The van der Waals surface area contributed by atoms with E-state index in [1.54, 1.807) is 31.4 Å². The lowest BCUT2D eigenvalue weighted by atomic mass is 10.1. The molecule has 2 aromatic rings. The topological polar surface area (TPSA) is 72.5 Å². The molecule has 24 heavy (non-hydrogen) atoms. The van der Waals surface area contributed by atoms with Crippen LogP contribution in [0.3, 0.4) is 0 Å². The molecule has 1 aromatic carbocycles. The van der Waals surface area contributed by atoms with Gasteiger partial charge in [-0.25, -0.2) is 0 Å². The Morgan fingerprint density at radius 2 is 2.17 bits per heavy atom. The molecular weight excluding hydrogens is 306 g/mol. The lowest BCUT2D eigenvalue weighted by Crippen LogP contribution is -2.01. The van der Waals surface area contributed by atoms with Crippen molar-refractivity contribution in [2.75, 3.05) is 13.7 Å². The Balaban J connectivity index is 2.24. The van der Waals surface area contributed by atoms with Gasteiger partial charge in [0, 0.05) is 0 Å². The normalized spacial score (nSPS) is 11.0. The maximum atomic E-state index is 12.2. The van der Waals surface area contributed by atoms with Gasteiger partial charge >= 0.3 is 0 Å². The summed E-state index contributed by atoms with van der Waals surface area (Å²) in [5, 5.41) is 9.24. The number of furan rings is 1. The van der Waals surface area contributed by atoms with Gasteiger partial charge in [0.05, 0.1) is 20.0 Å². The number of nitrogens with zero attached hydrogens (tertiary/aromatic N) is 1. The summed E-state index contributed by atoms with van der Waals surface area (Å²) in [6.07, 6.45) is 4.90. The molecule has 1 heterocycles. The highest BCUT2D eigenvalue weighted by atomic mass is 16.5. The number of benzene rings is 1. The summed E-state index contributed by atoms with van der Waals surface area (Å²) in [6, 6.07) is 10.3. The zero-order chi connectivity index (χ0) is 17.4. The number of hydrogen-bond donors (Lipinski definition) is 0. The first-order chi connectivity index (χ1) is 11.7. The molecule has 1 aromatic heterocycles. The van der Waals surface area contributed by atoms with Crippen LogP contribution in [-0.2, 0) is 0 Å². The summed E-state index contributed by atoms with van der Waals surface area (Å²) in [5.74, 6) is 0.876. The first-order valence-corrected chi connectivity index (χ1v) is 7.70. The summed E-state index contributed by atoms with van der Waals surface area (Å²) in [5.41, 5.74) is 0.665. The smallest absolute Gasteiger partial charge is 0.238 e. The molecule has 0 fully saturated rings. The van der Waals surface area contributed by atoms with E-state index >= 15 is 0 Å².